The van der Waals surface area contributed by atoms with Gasteiger partial charge in [-0.2, -0.15) is 0 Å². The summed E-state index contributed by atoms with van der Waals surface area (Å²) in [5.41, 5.74) is 1.12. The first-order valence-electron chi connectivity index (χ1n) is 3.17. The third-order valence-corrected chi connectivity index (χ3v) is 1.48. The Kier molecular flexibility index (Phi) is 0.978. The second-order valence-corrected chi connectivity index (χ2v) is 2.25. The van der Waals surface area contributed by atoms with Gasteiger partial charge in [0.25, 0.3) is 0 Å². The molecule has 0 N–H and O–H groups in total. The first-order chi connectivity index (χ1) is 4.86. The molecule has 1 heterocycles. The Bertz CT molecular complexity index is 249. The van der Waals surface area contributed by atoms with Gasteiger partial charge >= 0.3 is 0 Å². The Labute approximate surface area is 59.9 Å². The molecule has 0 aromatic heterocycles. The molecule has 1 nitrogen and oxygen atoms in total. The second kappa shape index (κ2) is 1.81. The molecule has 0 radical (unpaired) electrons. The second-order valence-electron chi connectivity index (χ2n) is 2.25. The minimum absolute atomic E-state index is 0.723. The van der Waals surface area contributed by atoms with E-state index in [1.807, 2.05) is 30.7 Å². The summed E-state index contributed by atoms with van der Waals surface area (Å²) >= 11 is 0. The highest BCUT2D eigenvalue weighted by atomic mass is 16.5. The van der Waals surface area contributed by atoms with Crippen LogP contribution in [0.2, 0.25) is 0 Å². The zero-order chi connectivity index (χ0) is 6.97. The maximum atomic E-state index is 5.26. The smallest absolute Gasteiger partial charge is 0.0488 e. The van der Waals surface area contributed by atoms with Crippen molar-refractivity contribution in [3.63, 3.8) is 0 Å². The van der Waals surface area contributed by atoms with Crippen LogP contribution in [0.25, 0.3) is 0 Å². The predicted molar refractivity (Wildman–Crippen MR) is 39.6 cm³/mol. The van der Waals surface area contributed by atoms with Crippen molar-refractivity contribution in [2.75, 3.05) is 0 Å². The molecular weight excluding hydrogens is 124 g/mol. The van der Waals surface area contributed by atoms with Crippen molar-refractivity contribution in [2.45, 2.75) is 0 Å². The molecule has 50 valence electrons. The van der Waals surface area contributed by atoms with Crippen LogP contribution in [0, 0.1) is 6.42 Å². The van der Waals surface area contributed by atoms with Crippen LogP contribution < -0.4 is 4.74 Å². The monoisotopic (exact) mass is 131 g/mol. The topological polar surface area (TPSA) is 9.23 Å². The summed E-state index contributed by atoms with van der Waals surface area (Å²) in [6.45, 7) is 3.69. The third-order valence-electron chi connectivity index (χ3n) is 1.48. The SMILES string of the molecule is C=C1[CH-]c2ccccc2O1. The summed E-state index contributed by atoms with van der Waals surface area (Å²) in [4.78, 5) is 0. The summed E-state index contributed by atoms with van der Waals surface area (Å²) < 4.78 is 5.26. The fourth-order valence-electron chi connectivity index (χ4n) is 1.04. The molecule has 0 spiro atoms. The Morgan fingerprint density at radius 3 is 2.90 bits per heavy atom. The van der Waals surface area contributed by atoms with Crippen molar-refractivity contribution in [3.05, 3.63) is 48.6 Å². The van der Waals surface area contributed by atoms with Crippen LogP contribution in [0.3, 0.4) is 0 Å². The molecule has 1 aliphatic rings. The summed E-state index contributed by atoms with van der Waals surface area (Å²) in [6, 6.07) is 7.88. The maximum absolute atomic E-state index is 5.26. The van der Waals surface area contributed by atoms with E-state index in [-0.39, 0.29) is 0 Å². The lowest BCUT2D eigenvalue weighted by Crippen LogP contribution is -1.80. The third kappa shape index (κ3) is 0.676. The molecule has 2 rings (SSSR count). The highest BCUT2D eigenvalue weighted by molar-refractivity contribution is 5.48. The van der Waals surface area contributed by atoms with Gasteiger partial charge in [-0.25, -0.2) is 0 Å². The molecular formula is C9H7O-. The van der Waals surface area contributed by atoms with Crippen molar-refractivity contribution in [1.82, 2.24) is 0 Å². The quantitative estimate of drug-likeness (QED) is 0.490. The van der Waals surface area contributed by atoms with Gasteiger partial charge in [0.2, 0.25) is 0 Å². The van der Waals surface area contributed by atoms with Gasteiger partial charge in [0.15, 0.2) is 0 Å². The molecule has 0 saturated carbocycles. The molecule has 1 aromatic carbocycles. The summed E-state index contributed by atoms with van der Waals surface area (Å²) in [5, 5.41) is 0. The van der Waals surface area contributed by atoms with Crippen LogP contribution >= 0.6 is 0 Å². The maximum Gasteiger partial charge on any atom is 0.0488 e. The van der Waals surface area contributed by atoms with Gasteiger partial charge in [0, 0.05) is 11.5 Å². The summed E-state index contributed by atoms with van der Waals surface area (Å²) in [7, 11) is 0. The van der Waals surface area contributed by atoms with E-state index < -0.39 is 0 Å². The summed E-state index contributed by atoms with van der Waals surface area (Å²) in [6.07, 6.45) is 1.93. The van der Waals surface area contributed by atoms with Crippen molar-refractivity contribution < 1.29 is 4.74 Å². The van der Waals surface area contributed by atoms with Crippen LogP contribution in [0.5, 0.6) is 5.75 Å². The largest absolute Gasteiger partial charge is 0.520 e. The van der Waals surface area contributed by atoms with Crippen molar-refractivity contribution in [3.8, 4) is 5.75 Å². The minimum atomic E-state index is 0.723. The van der Waals surface area contributed by atoms with E-state index in [1.165, 1.54) is 0 Å². The fraction of sp³-hybridized carbons (Fsp3) is 0. The van der Waals surface area contributed by atoms with Gasteiger partial charge in [-0.05, 0) is 0 Å². The summed E-state index contributed by atoms with van der Waals surface area (Å²) in [5.74, 6) is 1.63. The van der Waals surface area contributed by atoms with E-state index in [4.69, 9.17) is 4.74 Å². The van der Waals surface area contributed by atoms with Crippen molar-refractivity contribution in [2.24, 2.45) is 0 Å². The molecule has 0 amide bonds. The van der Waals surface area contributed by atoms with Crippen LogP contribution in [0.4, 0.5) is 0 Å². The average molecular weight is 131 g/mol. The van der Waals surface area contributed by atoms with Gasteiger partial charge in [-0.3, -0.25) is 0 Å². The lowest BCUT2D eigenvalue weighted by atomic mass is 10.2. The number of ether oxygens (including phenoxy) is 1. The van der Waals surface area contributed by atoms with Gasteiger partial charge in [-0.15, -0.1) is 30.7 Å². The average Bonchev–Trinajstić information content (AvgIpc) is 2.27. The zero-order valence-corrected chi connectivity index (χ0v) is 5.50. The lowest BCUT2D eigenvalue weighted by molar-refractivity contribution is 0.462. The Morgan fingerprint density at radius 2 is 2.10 bits per heavy atom. The number of para-hydroxylation sites is 1. The Hall–Kier alpha value is -1.37. The standard InChI is InChI=1S/C9H7O/c1-7-6-8-4-2-3-5-9(8)10-7/h2-6H,1H2/q-1. The zero-order valence-electron chi connectivity index (χ0n) is 5.50. The van der Waals surface area contributed by atoms with E-state index in [1.54, 1.807) is 0 Å². The van der Waals surface area contributed by atoms with Crippen molar-refractivity contribution >= 4 is 0 Å². The first kappa shape index (κ1) is 5.42. The Balaban J connectivity index is 2.51. The van der Waals surface area contributed by atoms with Gasteiger partial charge in [-0.1, -0.05) is 12.1 Å². The van der Waals surface area contributed by atoms with Crippen molar-refractivity contribution in [1.29, 1.82) is 0 Å². The number of hydrogen-bond donors (Lipinski definition) is 0. The van der Waals surface area contributed by atoms with Crippen LogP contribution in [0.1, 0.15) is 5.56 Å². The molecule has 10 heavy (non-hydrogen) atoms. The van der Waals surface area contributed by atoms with Crippen LogP contribution in [-0.2, 0) is 0 Å². The molecule has 1 heteroatoms. The number of rotatable bonds is 0. The predicted octanol–water partition coefficient (Wildman–Crippen LogP) is 2.15. The molecule has 0 aliphatic carbocycles. The van der Waals surface area contributed by atoms with Crippen LogP contribution in [-0.4, -0.2) is 0 Å². The number of hydrogen-bond acceptors (Lipinski definition) is 1. The molecule has 1 aliphatic heterocycles. The number of fused-ring (bicyclic) bond motifs is 1. The van der Waals surface area contributed by atoms with E-state index in [0.29, 0.717) is 0 Å². The van der Waals surface area contributed by atoms with Gasteiger partial charge in [0.05, 0.1) is 0 Å². The van der Waals surface area contributed by atoms with E-state index >= 15 is 0 Å². The van der Waals surface area contributed by atoms with E-state index in [9.17, 15) is 0 Å². The minimum Gasteiger partial charge on any atom is -0.520 e. The highest BCUT2D eigenvalue weighted by Crippen LogP contribution is 2.30. The first-order valence-corrected chi connectivity index (χ1v) is 3.17. The molecule has 0 saturated heterocycles. The lowest BCUT2D eigenvalue weighted by Gasteiger charge is -2.01. The van der Waals surface area contributed by atoms with Gasteiger partial charge in [0.1, 0.15) is 0 Å². The fourth-order valence-corrected chi connectivity index (χ4v) is 1.04. The molecule has 0 unspecified atom stereocenters. The molecule has 0 fully saturated rings. The molecule has 0 bridgehead atoms. The van der Waals surface area contributed by atoms with E-state index in [2.05, 4.69) is 6.58 Å². The van der Waals surface area contributed by atoms with E-state index in [0.717, 1.165) is 17.1 Å². The van der Waals surface area contributed by atoms with Gasteiger partial charge < -0.3 is 4.74 Å². The molecule has 1 aromatic rings. The number of benzene rings is 1. The normalized spacial score (nSPS) is 13.8. The highest BCUT2D eigenvalue weighted by Gasteiger charge is 2.04. The molecule has 0 atom stereocenters. The Morgan fingerprint density at radius 1 is 1.30 bits per heavy atom. The number of allylic oxidation sites excluding steroid dienone is 1. The van der Waals surface area contributed by atoms with Crippen LogP contribution in [0.15, 0.2) is 36.6 Å².